The van der Waals surface area contributed by atoms with Gasteiger partial charge in [-0.05, 0) is 31.0 Å². The molecule has 0 saturated carbocycles. The fraction of sp³-hybridized carbons (Fsp3) is 0.417. The maximum absolute atomic E-state index is 12.6. The number of nitrogens with zero attached hydrogens (tertiary/aromatic N) is 1. The summed E-state index contributed by atoms with van der Waals surface area (Å²) in [5, 5.41) is 2.99. The number of nitrogens with one attached hydrogen (secondary N) is 1. The first-order valence-corrected chi connectivity index (χ1v) is 10.6. The lowest BCUT2D eigenvalue weighted by Crippen LogP contribution is -2.43. The van der Waals surface area contributed by atoms with Crippen molar-refractivity contribution in [3.05, 3.63) is 54.1 Å². The van der Waals surface area contributed by atoms with Gasteiger partial charge in [-0.1, -0.05) is 30.3 Å². The Morgan fingerprint density at radius 1 is 1.00 bits per heavy atom. The number of likely N-dealkylation sites (tertiary alicyclic amines) is 1. The maximum Gasteiger partial charge on any atom is 0.225 e. The summed E-state index contributed by atoms with van der Waals surface area (Å²) in [7, 11) is 3.17. The molecule has 0 bridgehead atoms. The van der Waals surface area contributed by atoms with Crippen LogP contribution in [0.4, 0.5) is 0 Å². The van der Waals surface area contributed by atoms with E-state index in [-0.39, 0.29) is 17.7 Å². The summed E-state index contributed by atoms with van der Waals surface area (Å²) in [6.07, 6.45) is 1.65. The van der Waals surface area contributed by atoms with E-state index in [0.717, 1.165) is 11.3 Å². The van der Waals surface area contributed by atoms with Crippen LogP contribution in [0.3, 0.4) is 0 Å². The van der Waals surface area contributed by atoms with E-state index >= 15 is 0 Å². The Hall–Kier alpha value is -3.22. The third-order valence-electron chi connectivity index (χ3n) is 5.48. The summed E-state index contributed by atoms with van der Waals surface area (Å²) in [6, 6.07) is 15.1. The van der Waals surface area contributed by atoms with Gasteiger partial charge in [-0.3, -0.25) is 9.59 Å². The zero-order valence-corrected chi connectivity index (χ0v) is 18.1. The molecule has 166 valence electrons. The number of ether oxygens (including phenoxy) is 3. The molecule has 3 rings (SSSR count). The Morgan fingerprint density at radius 3 is 2.42 bits per heavy atom. The van der Waals surface area contributed by atoms with Crippen molar-refractivity contribution >= 4 is 11.8 Å². The molecule has 0 radical (unpaired) electrons. The van der Waals surface area contributed by atoms with Gasteiger partial charge in [0, 0.05) is 31.1 Å². The predicted molar refractivity (Wildman–Crippen MR) is 117 cm³/mol. The average molecular weight is 427 g/mol. The maximum atomic E-state index is 12.6. The zero-order chi connectivity index (χ0) is 22.1. The van der Waals surface area contributed by atoms with Gasteiger partial charge in [0.2, 0.25) is 11.8 Å². The third kappa shape index (κ3) is 6.13. The largest absolute Gasteiger partial charge is 0.493 e. The molecule has 1 aliphatic rings. The summed E-state index contributed by atoms with van der Waals surface area (Å²) >= 11 is 0. The van der Waals surface area contributed by atoms with Gasteiger partial charge in [-0.25, -0.2) is 0 Å². The van der Waals surface area contributed by atoms with Crippen molar-refractivity contribution in [3.63, 3.8) is 0 Å². The van der Waals surface area contributed by atoms with E-state index in [4.69, 9.17) is 14.2 Å². The van der Waals surface area contributed by atoms with Crippen LogP contribution in [-0.4, -0.2) is 50.6 Å². The van der Waals surface area contributed by atoms with E-state index in [0.29, 0.717) is 57.0 Å². The third-order valence-corrected chi connectivity index (χ3v) is 5.48. The molecule has 1 fully saturated rings. The Kier molecular flexibility index (Phi) is 8.15. The lowest BCUT2D eigenvalue weighted by Gasteiger charge is -2.31. The van der Waals surface area contributed by atoms with E-state index in [1.54, 1.807) is 14.2 Å². The average Bonchev–Trinajstić information content (AvgIpc) is 2.82. The molecule has 1 heterocycles. The second-order valence-electron chi connectivity index (χ2n) is 7.44. The number of hydrogen-bond donors (Lipinski definition) is 1. The number of methoxy groups -OCH3 is 2. The van der Waals surface area contributed by atoms with Crippen molar-refractivity contribution in [3.8, 4) is 17.2 Å². The zero-order valence-electron chi connectivity index (χ0n) is 18.1. The number of amides is 2. The molecule has 31 heavy (non-hydrogen) atoms. The van der Waals surface area contributed by atoms with E-state index in [1.807, 2.05) is 53.4 Å². The van der Waals surface area contributed by atoms with Crippen LogP contribution in [0.25, 0.3) is 0 Å². The van der Waals surface area contributed by atoms with Crippen molar-refractivity contribution in [2.24, 2.45) is 5.92 Å². The molecule has 0 aromatic heterocycles. The summed E-state index contributed by atoms with van der Waals surface area (Å²) in [5.41, 5.74) is 0.862. The van der Waals surface area contributed by atoms with Crippen LogP contribution in [0, 0.1) is 5.92 Å². The molecule has 0 spiro atoms. The highest BCUT2D eigenvalue weighted by Gasteiger charge is 2.27. The molecule has 0 atom stereocenters. The van der Waals surface area contributed by atoms with Crippen LogP contribution in [0.2, 0.25) is 0 Å². The number of carbonyl (C=O) groups is 2. The Balaban J connectivity index is 1.41. The smallest absolute Gasteiger partial charge is 0.225 e. The standard InChI is InChI=1S/C24H30N2O5/c1-29-21-10-6-7-19(23(21)30-2)17-25-24(28)18-11-14-26(15-12-18)22(27)13-16-31-20-8-4-3-5-9-20/h3-10,18H,11-17H2,1-2H3,(H,25,28). The van der Waals surface area contributed by atoms with Crippen LogP contribution in [0.5, 0.6) is 17.2 Å². The second-order valence-corrected chi connectivity index (χ2v) is 7.44. The Bertz CT molecular complexity index is 864. The minimum absolute atomic E-state index is 0.00406. The second kappa shape index (κ2) is 11.2. The van der Waals surface area contributed by atoms with Gasteiger partial charge in [-0.15, -0.1) is 0 Å². The molecular formula is C24H30N2O5. The van der Waals surface area contributed by atoms with Crippen LogP contribution in [0.1, 0.15) is 24.8 Å². The van der Waals surface area contributed by atoms with Crippen LogP contribution < -0.4 is 19.5 Å². The molecule has 0 unspecified atom stereocenters. The van der Waals surface area contributed by atoms with Crippen molar-refractivity contribution in [1.29, 1.82) is 0 Å². The number of piperidine rings is 1. The molecule has 2 amide bonds. The number of para-hydroxylation sites is 2. The van der Waals surface area contributed by atoms with Crippen molar-refractivity contribution in [1.82, 2.24) is 10.2 Å². The topological polar surface area (TPSA) is 77.1 Å². The van der Waals surface area contributed by atoms with Gasteiger partial charge in [0.1, 0.15) is 5.75 Å². The van der Waals surface area contributed by atoms with Crippen molar-refractivity contribution < 1.29 is 23.8 Å². The van der Waals surface area contributed by atoms with Gasteiger partial charge in [0.05, 0.1) is 27.2 Å². The van der Waals surface area contributed by atoms with Crippen molar-refractivity contribution in [2.45, 2.75) is 25.8 Å². The molecule has 2 aromatic rings. The van der Waals surface area contributed by atoms with Gasteiger partial charge in [0.15, 0.2) is 11.5 Å². The van der Waals surface area contributed by atoms with Crippen LogP contribution in [-0.2, 0) is 16.1 Å². The minimum Gasteiger partial charge on any atom is -0.493 e. The summed E-state index contributed by atoms with van der Waals surface area (Å²) in [5.74, 6) is 2.00. The normalized spacial score (nSPS) is 14.1. The fourth-order valence-electron chi connectivity index (χ4n) is 3.74. The monoisotopic (exact) mass is 426 g/mol. The molecule has 1 aliphatic heterocycles. The minimum atomic E-state index is -0.0961. The van der Waals surface area contributed by atoms with Crippen LogP contribution >= 0.6 is 0 Å². The summed E-state index contributed by atoms with van der Waals surface area (Å²) < 4.78 is 16.3. The molecule has 2 aromatic carbocycles. The van der Waals surface area contributed by atoms with Crippen LogP contribution in [0.15, 0.2) is 48.5 Å². The first-order chi connectivity index (χ1) is 15.1. The lowest BCUT2D eigenvalue weighted by molar-refractivity contribution is -0.136. The van der Waals surface area contributed by atoms with Gasteiger partial charge in [0.25, 0.3) is 0 Å². The first-order valence-electron chi connectivity index (χ1n) is 10.6. The Morgan fingerprint density at radius 2 is 1.74 bits per heavy atom. The highest BCUT2D eigenvalue weighted by molar-refractivity contribution is 5.80. The predicted octanol–water partition coefficient (Wildman–Crippen LogP) is 3.03. The van der Waals surface area contributed by atoms with Gasteiger partial charge >= 0.3 is 0 Å². The van der Waals surface area contributed by atoms with E-state index in [2.05, 4.69) is 5.32 Å². The molecule has 0 aliphatic carbocycles. The fourth-order valence-corrected chi connectivity index (χ4v) is 3.74. The molecule has 7 heteroatoms. The van der Waals surface area contributed by atoms with Crippen molar-refractivity contribution in [2.75, 3.05) is 33.9 Å². The molecular weight excluding hydrogens is 396 g/mol. The molecule has 7 nitrogen and oxygen atoms in total. The first kappa shape index (κ1) is 22.5. The van der Waals surface area contributed by atoms with E-state index in [9.17, 15) is 9.59 Å². The number of rotatable bonds is 9. The van der Waals surface area contributed by atoms with E-state index in [1.165, 1.54) is 0 Å². The SMILES string of the molecule is COc1cccc(CNC(=O)C2CCN(C(=O)CCOc3ccccc3)CC2)c1OC. The molecule has 1 N–H and O–H groups in total. The number of benzene rings is 2. The van der Waals surface area contributed by atoms with Gasteiger partial charge < -0.3 is 24.4 Å². The highest BCUT2D eigenvalue weighted by Crippen LogP contribution is 2.30. The van der Waals surface area contributed by atoms with Gasteiger partial charge in [-0.2, -0.15) is 0 Å². The van der Waals surface area contributed by atoms with E-state index < -0.39 is 0 Å². The highest BCUT2D eigenvalue weighted by atomic mass is 16.5. The number of carbonyl (C=O) groups excluding carboxylic acids is 2. The summed E-state index contributed by atoms with van der Waals surface area (Å²) in [6.45, 7) is 1.90. The lowest BCUT2D eigenvalue weighted by atomic mass is 9.95. The summed E-state index contributed by atoms with van der Waals surface area (Å²) in [4.78, 5) is 26.9. The Labute approximate surface area is 183 Å². The number of hydrogen-bond acceptors (Lipinski definition) is 5. The quantitative estimate of drug-likeness (QED) is 0.667. The molecule has 1 saturated heterocycles.